The summed E-state index contributed by atoms with van der Waals surface area (Å²) in [7, 11) is 0. The van der Waals surface area contributed by atoms with Gasteiger partial charge in [0.15, 0.2) is 0 Å². The third kappa shape index (κ3) is 6.27. The van der Waals surface area contributed by atoms with Crippen LogP contribution in [0.5, 0.6) is 0 Å². The Balaban J connectivity index is 1.49. The molecule has 2 saturated heterocycles. The zero-order chi connectivity index (χ0) is 19.1. The maximum Gasteiger partial charge on any atom is 0.225 e. The van der Waals surface area contributed by atoms with Gasteiger partial charge in [-0.15, -0.1) is 0 Å². The summed E-state index contributed by atoms with van der Waals surface area (Å²) in [4.78, 5) is 26.4. The maximum atomic E-state index is 14.0. The number of anilines is 2. The van der Waals surface area contributed by atoms with Crippen molar-refractivity contribution in [1.82, 2.24) is 10.2 Å². The largest absolute Gasteiger partial charge is 0.379 e. The highest BCUT2D eigenvalue weighted by Crippen LogP contribution is 2.20. The monoisotopic (exact) mass is 378 g/mol. The molecule has 0 spiro atoms. The van der Waals surface area contributed by atoms with Crippen LogP contribution in [0.2, 0.25) is 0 Å². The highest BCUT2D eigenvalue weighted by atomic mass is 19.1. The Morgan fingerprint density at radius 3 is 2.78 bits per heavy atom. The average molecular weight is 378 g/mol. The van der Waals surface area contributed by atoms with Crippen molar-refractivity contribution in [2.45, 2.75) is 31.7 Å². The molecule has 2 amide bonds. The Hall–Kier alpha value is -2.03. The van der Waals surface area contributed by atoms with Crippen LogP contribution in [0.3, 0.4) is 0 Å². The molecular formula is C19H27FN4O3. The highest BCUT2D eigenvalue weighted by Gasteiger charge is 2.18. The van der Waals surface area contributed by atoms with E-state index in [1.807, 2.05) is 0 Å². The second-order valence-corrected chi connectivity index (χ2v) is 6.99. The molecular weight excluding hydrogens is 351 g/mol. The van der Waals surface area contributed by atoms with Gasteiger partial charge >= 0.3 is 0 Å². The van der Waals surface area contributed by atoms with E-state index in [0.29, 0.717) is 31.9 Å². The number of morpholine rings is 1. The summed E-state index contributed by atoms with van der Waals surface area (Å²) in [5, 5.41) is 8.65. The molecule has 0 bridgehead atoms. The lowest BCUT2D eigenvalue weighted by molar-refractivity contribution is -0.117. The Kier molecular flexibility index (Phi) is 7.14. The topological polar surface area (TPSA) is 82.7 Å². The van der Waals surface area contributed by atoms with Gasteiger partial charge in [-0.1, -0.05) is 0 Å². The number of nitrogens with one attached hydrogen (secondary N) is 3. The Labute approximate surface area is 158 Å². The van der Waals surface area contributed by atoms with Gasteiger partial charge in [-0.25, -0.2) is 4.39 Å². The number of carbonyl (C=O) groups is 2. The van der Waals surface area contributed by atoms with E-state index in [0.717, 1.165) is 32.5 Å². The predicted octanol–water partition coefficient (Wildman–Crippen LogP) is 1.57. The molecule has 2 fully saturated rings. The van der Waals surface area contributed by atoms with Crippen molar-refractivity contribution in [2.24, 2.45) is 0 Å². The molecule has 1 aromatic carbocycles. The van der Waals surface area contributed by atoms with Crippen LogP contribution < -0.4 is 16.0 Å². The lowest BCUT2D eigenvalue weighted by Crippen LogP contribution is -2.38. The van der Waals surface area contributed by atoms with Gasteiger partial charge in [-0.2, -0.15) is 0 Å². The second-order valence-electron chi connectivity index (χ2n) is 6.99. The normalized spacial score (nSPS) is 20.4. The first kappa shape index (κ1) is 19.7. The van der Waals surface area contributed by atoms with Crippen LogP contribution in [-0.2, 0) is 14.3 Å². The number of rotatable bonds is 7. The molecule has 148 valence electrons. The van der Waals surface area contributed by atoms with Crippen LogP contribution in [0, 0.1) is 5.82 Å². The zero-order valence-electron chi connectivity index (χ0n) is 15.4. The van der Waals surface area contributed by atoms with Crippen LogP contribution in [0.1, 0.15) is 25.7 Å². The summed E-state index contributed by atoms with van der Waals surface area (Å²) in [6.07, 6.45) is 2.73. The zero-order valence-corrected chi connectivity index (χ0v) is 15.4. The van der Waals surface area contributed by atoms with E-state index in [2.05, 4.69) is 20.9 Å². The van der Waals surface area contributed by atoms with Gasteiger partial charge in [0.25, 0.3) is 0 Å². The standard InChI is InChI=1S/C19H27FN4O3/c20-16-4-3-15(22-19(26)13-14-2-1-6-21-14)12-17(16)23-18(25)5-7-24-8-10-27-11-9-24/h3-4,12,14,21H,1-2,5-11,13H2,(H,22,26)(H,23,25). The van der Waals surface area contributed by atoms with Crippen molar-refractivity contribution in [3.05, 3.63) is 24.0 Å². The fraction of sp³-hybridized carbons (Fsp3) is 0.579. The molecule has 3 rings (SSSR count). The van der Waals surface area contributed by atoms with Gasteiger partial charge in [0.1, 0.15) is 5.82 Å². The van der Waals surface area contributed by atoms with Gasteiger partial charge in [0, 0.05) is 44.2 Å². The summed E-state index contributed by atoms with van der Waals surface area (Å²) in [6.45, 7) is 4.51. The van der Waals surface area contributed by atoms with Crippen molar-refractivity contribution < 1.29 is 18.7 Å². The minimum atomic E-state index is -0.523. The smallest absolute Gasteiger partial charge is 0.225 e. The van der Waals surface area contributed by atoms with Crippen LogP contribution in [-0.4, -0.2) is 62.1 Å². The molecule has 1 unspecified atom stereocenters. The number of benzene rings is 1. The number of hydrogen-bond acceptors (Lipinski definition) is 5. The average Bonchev–Trinajstić information content (AvgIpc) is 3.16. The fourth-order valence-electron chi connectivity index (χ4n) is 3.36. The van der Waals surface area contributed by atoms with E-state index in [1.165, 1.54) is 18.2 Å². The van der Waals surface area contributed by atoms with E-state index in [4.69, 9.17) is 4.74 Å². The predicted molar refractivity (Wildman–Crippen MR) is 101 cm³/mol. The number of amides is 2. The molecule has 1 aromatic rings. The van der Waals surface area contributed by atoms with Gasteiger partial charge in [-0.3, -0.25) is 14.5 Å². The first-order valence-electron chi connectivity index (χ1n) is 9.53. The summed E-state index contributed by atoms with van der Waals surface area (Å²) in [6, 6.07) is 4.41. The molecule has 0 saturated carbocycles. The SMILES string of the molecule is O=C(CC1CCCN1)Nc1ccc(F)c(NC(=O)CCN2CCOCC2)c1. The van der Waals surface area contributed by atoms with Crippen molar-refractivity contribution in [3.63, 3.8) is 0 Å². The van der Waals surface area contributed by atoms with E-state index >= 15 is 0 Å². The first-order valence-corrected chi connectivity index (χ1v) is 9.53. The number of ether oxygens (including phenoxy) is 1. The molecule has 2 heterocycles. The van der Waals surface area contributed by atoms with Gasteiger partial charge in [0.2, 0.25) is 11.8 Å². The van der Waals surface area contributed by atoms with Gasteiger partial charge < -0.3 is 20.7 Å². The highest BCUT2D eigenvalue weighted by molar-refractivity contribution is 5.94. The number of hydrogen-bond donors (Lipinski definition) is 3. The van der Waals surface area contributed by atoms with Crippen molar-refractivity contribution in [3.8, 4) is 0 Å². The summed E-state index contributed by atoms with van der Waals surface area (Å²) < 4.78 is 19.3. The van der Waals surface area contributed by atoms with Crippen LogP contribution >= 0.6 is 0 Å². The molecule has 1 atom stereocenters. The number of nitrogens with zero attached hydrogens (tertiary/aromatic N) is 1. The quantitative estimate of drug-likeness (QED) is 0.671. The lowest BCUT2D eigenvalue weighted by atomic mass is 10.1. The molecule has 3 N–H and O–H groups in total. The van der Waals surface area contributed by atoms with Gasteiger partial charge in [0.05, 0.1) is 18.9 Å². The molecule has 2 aliphatic heterocycles. The minimum absolute atomic E-state index is 0.0822. The molecule has 0 aromatic heterocycles. The van der Waals surface area contributed by atoms with Crippen molar-refractivity contribution in [2.75, 3.05) is 50.0 Å². The summed E-state index contributed by atoms with van der Waals surface area (Å²) >= 11 is 0. The molecule has 2 aliphatic rings. The fourth-order valence-corrected chi connectivity index (χ4v) is 3.36. The van der Waals surface area contributed by atoms with Crippen LogP contribution in [0.4, 0.5) is 15.8 Å². The Morgan fingerprint density at radius 2 is 2.04 bits per heavy atom. The maximum absolute atomic E-state index is 14.0. The summed E-state index contributed by atoms with van der Waals surface area (Å²) in [5.74, 6) is -0.894. The van der Waals surface area contributed by atoms with E-state index in [1.54, 1.807) is 0 Å². The van der Waals surface area contributed by atoms with Crippen molar-refractivity contribution >= 4 is 23.2 Å². The van der Waals surface area contributed by atoms with Crippen LogP contribution in [0.25, 0.3) is 0 Å². The minimum Gasteiger partial charge on any atom is -0.379 e. The van der Waals surface area contributed by atoms with Gasteiger partial charge in [-0.05, 0) is 37.6 Å². The Bertz CT molecular complexity index is 658. The Morgan fingerprint density at radius 1 is 1.22 bits per heavy atom. The number of carbonyl (C=O) groups excluding carboxylic acids is 2. The molecule has 7 nitrogen and oxygen atoms in total. The first-order chi connectivity index (χ1) is 13.1. The van der Waals surface area contributed by atoms with E-state index < -0.39 is 5.82 Å². The molecule has 0 radical (unpaired) electrons. The van der Waals surface area contributed by atoms with Crippen molar-refractivity contribution in [1.29, 1.82) is 0 Å². The molecule has 0 aliphatic carbocycles. The third-order valence-corrected chi connectivity index (χ3v) is 4.88. The molecule has 8 heteroatoms. The molecule has 27 heavy (non-hydrogen) atoms. The number of halogens is 1. The van der Waals surface area contributed by atoms with E-state index in [-0.39, 0.29) is 30.0 Å². The third-order valence-electron chi connectivity index (χ3n) is 4.88. The summed E-state index contributed by atoms with van der Waals surface area (Å²) in [5.41, 5.74) is 0.557. The van der Waals surface area contributed by atoms with Crippen LogP contribution in [0.15, 0.2) is 18.2 Å². The second kappa shape index (κ2) is 9.77. The van der Waals surface area contributed by atoms with E-state index in [9.17, 15) is 14.0 Å². The lowest BCUT2D eigenvalue weighted by Gasteiger charge is -2.26.